The number of carbonyl (C=O) groups excluding carboxylic acids is 1. The predicted molar refractivity (Wildman–Crippen MR) is 91.7 cm³/mol. The topological polar surface area (TPSA) is 70.6 Å². The molecule has 3 N–H and O–H groups in total. The monoisotopic (exact) mass is 314 g/mol. The predicted octanol–water partition coefficient (Wildman–Crippen LogP) is 3.25. The zero-order valence-corrected chi connectivity index (χ0v) is 13.6. The summed E-state index contributed by atoms with van der Waals surface area (Å²) in [5.74, 6) is 0.774. The molecule has 2 aromatic rings. The molecule has 0 aliphatic rings. The van der Waals surface area contributed by atoms with Crippen LogP contribution in [0.5, 0.6) is 5.75 Å². The first kappa shape index (κ1) is 16.8. The van der Waals surface area contributed by atoms with Crippen molar-refractivity contribution in [3.05, 3.63) is 48.5 Å². The van der Waals surface area contributed by atoms with Crippen molar-refractivity contribution in [2.45, 2.75) is 19.4 Å². The number of rotatable bonds is 5. The lowest BCUT2D eigenvalue weighted by molar-refractivity contribution is 0.187. The van der Waals surface area contributed by atoms with Crippen LogP contribution >= 0.6 is 0 Å². The highest BCUT2D eigenvalue weighted by atomic mass is 16.5. The van der Waals surface area contributed by atoms with E-state index < -0.39 is 5.54 Å². The smallest absolute Gasteiger partial charge is 0.319 e. The molecule has 23 heavy (non-hydrogen) atoms. The van der Waals surface area contributed by atoms with Crippen molar-refractivity contribution in [3.63, 3.8) is 0 Å². The molecule has 0 spiro atoms. The van der Waals surface area contributed by atoms with E-state index in [1.165, 1.54) is 0 Å². The number of nitrogens with one attached hydrogen (secondary N) is 2. The number of aliphatic hydroxyl groups excluding tert-OH is 1. The van der Waals surface area contributed by atoms with Crippen LogP contribution in [0.1, 0.15) is 13.8 Å². The molecule has 5 nitrogen and oxygen atoms in total. The highest BCUT2D eigenvalue weighted by Crippen LogP contribution is 2.30. The van der Waals surface area contributed by atoms with Crippen LogP contribution in [0, 0.1) is 0 Å². The molecule has 0 bridgehead atoms. The van der Waals surface area contributed by atoms with Crippen molar-refractivity contribution in [1.82, 2.24) is 5.32 Å². The summed E-state index contributed by atoms with van der Waals surface area (Å²) < 4.78 is 5.37. The largest absolute Gasteiger partial charge is 0.496 e. The van der Waals surface area contributed by atoms with Gasteiger partial charge in [0.15, 0.2) is 0 Å². The summed E-state index contributed by atoms with van der Waals surface area (Å²) in [4.78, 5) is 12.0. The molecular weight excluding hydrogens is 292 g/mol. The summed E-state index contributed by atoms with van der Waals surface area (Å²) in [7, 11) is 1.63. The van der Waals surface area contributed by atoms with E-state index in [1.807, 2.05) is 48.5 Å². The Morgan fingerprint density at radius 3 is 2.61 bits per heavy atom. The van der Waals surface area contributed by atoms with Crippen molar-refractivity contribution in [2.24, 2.45) is 0 Å². The summed E-state index contributed by atoms with van der Waals surface area (Å²) in [5.41, 5.74) is 1.89. The summed E-state index contributed by atoms with van der Waals surface area (Å²) in [5, 5.41) is 14.7. The van der Waals surface area contributed by atoms with Crippen LogP contribution < -0.4 is 15.4 Å². The van der Waals surface area contributed by atoms with Crippen molar-refractivity contribution in [1.29, 1.82) is 0 Å². The molecule has 2 aromatic carbocycles. The normalized spacial score (nSPS) is 11.0. The van der Waals surface area contributed by atoms with Gasteiger partial charge in [0.2, 0.25) is 0 Å². The van der Waals surface area contributed by atoms with Crippen LogP contribution in [0.4, 0.5) is 10.5 Å². The highest BCUT2D eigenvalue weighted by molar-refractivity contribution is 5.90. The van der Waals surface area contributed by atoms with Crippen LogP contribution in [0.15, 0.2) is 48.5 Å². The van der Waals surface area contributed by atoms with Gasteiger partial charge in [-0.2, -0.15) is 0 Å². The molecule has 122 valence electrons. The van der Waals surface area contributed by atoms with E-state index in [9.17, 15) is 9.90 Å². The zero-order valence-electron chi connectivity index (χ0n) is 13.6. The van der Waals surface area contributed by atoms with Crippen LogP contribution in [0.3, 0.4) is 0 Å². The molecule has 0 aliphatic heterocycles. The fourth-order valence-electron chi connectivity index (χ4n) is 2.16. The minimum absolute atomic E-state index is 0.137. The number of benzene rings is 2. The average Bonchev–Trinajstić information content (AvgIpc) is 2.54. The van der Waals surface area contributed by atoms with Gasteiger partial charge in [0, 0.05) is 11.3 Å². The van der Waals surface area contributed by atoms with E-state index in [0.717, 1.165) is 16.9 Å². The fraction of sp³-hybridized carbons (Fsp3) is 0.278. The van der Waals surface area contributed by atoms with Gasteiger partial charge in [0.05, 0.1) is 19.3 Å². The summed E-state index contributed by atoms with van der Waals surface area (Å²) in [6.45, 7) is 3.36. The number of para-hydroxylation sites is 1. The number of hydrogen-bond acceptors (Lipinski definition) is 3. The van der Waals surface area contributed by atoms with Crippen LogP contribution in [0.25, 0.3) is 11.1 Å². The molecular formula is C18H22N2O3. The lowest BCUT2D eigenvalue weighted by atomic mass is 10.0. The summed E-state index contributed by atoms with van der Waals surface area (Å²) in [6.07, 6.45) is 0. The maximum atomic E-state index is 12.0. The van der Waals surface area contributed by atoms with E-state index >= 15 is 0 Å². The van der Waals surface area contributed by atoms with Crippen LogP contribution in [0.2, 0.25) is 0 Å². The van der Waals surface area contributed by atoms with Gasteiger partial charge < -0.3 is 20.5 Å². The number of methoxy groups -OCH3 is 1. The molecule has 0 radical (unpaired) electrons. The third kappa shape index (κ3) is 4.47. The molecule has 0 aliphatic carbocycles. The second kappa shape index (κ2) is 7.15. The van der Waals surface area contributed by atoms with Gasteiger partial charge in [-0.05, 0) is 37.6 Å². The summed E-state index contributed by atoms with van der Waals surface area (Å²) in [6, 6.07) is 14.9. The van der Waals surface area contributed by atoms with Gasteiger partial charge in [-0.3, -0.25) is 0 Å². The first-order chi connectivity index (χ1) is 10.9. The molecule has 0 unspecified atom stereocenters. The number of urea groups is 1. The Labute approximate surface area is 136 Å². The average molecular weight is 314 g/mol. The first-order valence-corrected chi connectivity index (χ1v) is 7.38. The van der Waals surface area contributed by atoms with Gasteiger partial charge in [-0.1, -0.05) is 30.3 Å². The highest BCUT2D eigenvalue weighted by Gasteiger charge is 2.19. The van der Waals surface area contributed by atoms with E-state index in [0.29, 0.717) is 5.69 Å². The van der Waals surface area contributed by atoms with Gasteiger partial charge in [-0.25, -0.2) is 4.79 Å². The van der Waals surface area contributed by atoms with E-state index in [1.54, 1.807) is 21.0 Å². The molecule has 0 fully saturated rings. The quantitative estimate of drug-likeness (QED) is 0.793. The van der Waals surface area contributed by atoms with Gasteiger partial charge >= 0.3 is 6.03 Å². The molecule has 5 heteroatoms. The SMILES string of the molecule is COc1ccccc1-c1cccc(NC(=O)NC(C)(C)CO)c1. The molecule has 2 amide bonds. The Kier molecular flexibility index (Phi) is 5.24. The molecule has 2 rings (SSSR count). The standard InChI is InChI=1S/C18H22N2O3/c1-18(2,12-21)20-17(22)19-14-8-6-7-13(11-14)15-9-4-5-10-16(15)23-3/h4-11,21H,12H2,1-3H3,(H2,19,20,22). The molecule has 0 saturated carbocycles. The maximum Gasteiger partial charge on any atom is 0.319 e. The van der Waals surface area contributed by atoms with E-state index in [2.05, 4.69) is 10.6 Å². The number of anilines is 1. The van der Waals surface area contributed by atoms with Crippen LogP contribution in [-0.2, 0) is 0 Å². The Morgan fingerprint density at radius 2 is 1.91 bits per heavy atom. The second-order valence-corrected chi connectivity index (χ2v) is 5.90. The van der Waals surface area contributed by atoms with E-state index in [-0.39, 0.29) is 12.6 Å². The van der Waals surface area contributed by atoms with Gasteiger partial charge in [-0.15, -0.1) is 0 Å². The maximum absolute atomic E-state index is 12.0. The zero-order chi connectivity index (χ0) is 16.9. The van der Waals surface area contributed by atoms with Crippen molar-refractivity contribution < 1.29 is 14.6 Å². The minimum Gasteiger partial charge on any atom is -0.496 e. The van der Waals surface area contributed by atoms with Crippen molar-refractivity contribution in [2.75, 3.05) is 19.0 Å². The van der Waals surface area contributed by atoms with Crippen LogP contribution in [-0.4, -0.2) is 30.4 Å². The summed E-state index contributed by atoms with van der Waals surface area (Å²) >= 11 is 0. The number of aliphatic hydroxyl groups is 1. The number of amides is 2. The molecule has 0 atom stereocenters. The molecule has 0 heterocycles. The Morgan fingerprint density at radius 1 is 1.17 bits per heavy atom. The lowest BCUT2D eigenvalue weighted by Crippen LogP contribution is -2.48. The lowest BCUT2D eigenvalue weighted by Gasteiger charge is -2.23. The van der Waals surface area contributed by atoms with Gasteiger partial charge in [0.1, 0.15) is 5.75 Å². The fourth-order valence-corrected chi connectivity index (χ4v) is 2.16. The Bertz CT molecular complexity index is 683. The number of ether oxygens (including phenoxy) is 1. The third-order valence-electron chi connectivity index (χ3n) is 3.39. The molecule has 0 aromatic heterocycles. The van der Waals surface area contributed by atoms with Crippen molar-refractivity contribution in [3.8, 4) is 16.9 Å². The van der Waals surface area contributed by atoms with Crippen molar-refractivity contribution >= 4 is 11.7 Å². The number of hydrogen-bond donors (Lipinski definition) is 3. The Hall–Kier alpha value is -2.53. The third-order valence-corrected chi connectivity index (χ3v) is 3.39. The minimum atomic E-state index is -0.676. The molecule has 0 saturated heterocycles. The van der Waals surface area contributed by atoms with E-state index in [4.69, 9.17) is 4.74 Å². The van der Waals surface area contributed by atoms with Gasteiger partial charge in [0.25, 0.3) is 0 Å². The Balaban J connectivity index is 2.19. The first-order valence-electron chi connectivity index (χ1n) is 7.38. The number of carbonyl (C=O) groups is 1. The second-order valence-electron chi connectivity index (χ2n) is 5.90.